The molecule has 0 spiro atoms. The van der Waals surface area contributed by atoms with E-state index in [4.69, 9.17) is 14.7 Å². The summed E-state index contributed by atoms with van der Waals surface area (Å²) in [6.45, 7) is 32.9. The van der Waals surface area contributed by atoms with Crippen LogP contribution in [0.4, 0.5) is 0 Å². The first-order valence-electron chi connectivity index (χ1n) is 21.3. The van der Waals surface area contributed by atoms with Crippen molar-refractivity contribution in [1.82, 2.24) is 9.55 Å². The first-order valence-corrected chi connectivity index (χ1v) is 21.1. The summed E-state index contributed by atoms with van der Waals surface area (Å²) in [4.78, 5) is 10.4. The van der Waals surface area contributed by atoms with Gasteiger partial charge in [0.15, 0.2) is 0 Å². The minimum atomic E-state index is -1.69. The van der Waals surface area contributed by atoms with E-state index in [9.17, 15) is 2.74 Å². The first-order chi connectivity index (χ1) is 27.2. The molecule has 0 amide bonds. The summed E-state index contributed by atoms with van der Waals surface area (Å²) in [5.41, 5.74) is 8.72. The molecule has 304 valence electrons. The van der Waals surface area contributed by atoms with E-state index in [0.29, 0.717) is 11.5 Å². The fourth-order valence-electron chi connectivity index (χ4n) is 8.82. The summed E-state index contributed by atoms with van der Waals surface area (Å²) >= 11 is 1.70. The smallest absolute Gasteiger partial charge is 0.503 e. The van der Waals surface area contributed by atoms with Gasteiger partial charge in [-0.1, -0.05) is 125 Å². The van der Waals surface area contributed by atoms with E-state index in [-0.39, 0.29) is 42.7 Å². The topological polar surface area (TPSA) is 39.4 Å². The number of thioether (sulfide) groups is 1. The van der Waals surface area contributed by atoms with Crippen LogP contribution in [-0.2, 0) is 48.4 Å². The molecule has 4 aromatic carbocycles. The molecular formula is C52H59N3OPtS. The molecule has 0 bridgehead atoms. The minimum absolute atomic E-state index is 0. The van der Waals surface area contributed by atoms with E-state index in [0.717, 1.165) is 66.0 Å². The zero-order valence-electron chi connectivity index (χ0n) is 38.9. The largest absolute Gasteiger partial charge is 2.00 e. The van der Waals surface area contributed by atoms with Crippen molar-refractivity contribution in [3.63, 3.8) is 0 Å². The molecule has 8 rings (SSSR count). The van der Waals surface area contributed by atoms with Gasteiger partial charge in [0.1, 0.15) is 5.82 Å². The van der Waals surface area contributed by atoms with Gasteiger partial charge >= 0.3 is 21.1 Å². The van der Waals surface area contributed by atoms with E-state index in [1.807, 2.05) is 19.2 Å². The number of hydrogen-bond acceptors (Lipinski definition) is 4. The standard InChI is InChI=1S/C52H59N3OS.Pt/c1-31-22-34-30-51(15)52(50(12,13)14,42(34)23-32(31)2)57-46(54-51)33-24-37(49(9,10)11)26-39(25-33)56-38-17-18-40-41-27-35(47(3,4)5)16-19-43(41)55(44(40)29-38)45-28-36(20-21-53-45)48(6,7)8;/h16-24,26-28H,30H2,1-15H3;/q-2;+2/t51-,52-;/m1./s1/i30D2;. The van der Waals surface area contributed by atoms with Crippen molar-refractivity contribution in [2.45, 2.75) is 137 Å². The number of aliphatic imine (C=N–C) groups is 1. The molecule has 6 aromatic rings. The Balaban J connectivity index is 0.00000544. The van der Waals surface area contributed by atoms with Gasteiger partial charge in [0.2, 0.25) is 0 Å². The number of nitrogens with zero attached hydrogens (tertiary/aromatic N) is 3. The molecule has 0 unspecified atom stereocenters. The molecule has 6 heteroatoms. The third-order valence-electron chi connectivity index (χ3n) is 12.2. The number of rotatable bonds is 4. The van der Waals surface area contributed by atoms with Crippen LogP contribution in [0.1, 0.15) is 137 Å². The molecule has 58 heavy (non-hydrogen) atoms. The Morgan fingerprint density at radius 3 is 2.03 bits per heavy atom. The van der Waals surface area contributed by atoms with Gasteiger partial charge in [0, 0.05) is 31.0 Å². The summed E-state index contributed by atoms with van der Waals surface area (Å²) in [7, 11) is 0. The van der Waals surface area contributed by atoms with Gasteiger partial charge in [-0.2, -0.15) is 6.07 Å². The number of benzene rings is 4. The van der Waals surface area contributed by atoms with Gasteiger partial charge in [-0.05, 0) is 106 Å². The number of ether oxygens (including phenoxy) is 1. The Labute approximate surface area is 368 Å². The second-order valence-corrected chi connectivity index (χ2v) is 21.9. The van der Waals surface area contributed by atoms with Gasteiger partial charge in [0.05, 0.1) is 10.3 Å². The molecule has 0 saturated heterocycles. The molecule has 0 radical (unpaired) electrons. The van der Waals surface area contributed by atoms with E-state index in [2.05, 4.69) is 174 Å². The van der Waals surface area contributed by atoms with Crippen molar-refractivity contribution < 1.29 is 28.5 Å². The van der Waals surface area contributed by atoms with Gasteiger partial charge < -0.3 is 14.3 Å². The van der Waals surface area contributed by atoms with E-state index >= 15 is 0 Å². The first kappa shape index (κ1) is 39.8. The molecule has 0 saturated carbocycles. The zero-order chi connectivity index (χ0) is 43.0. The van der Waals surface area contributed by atoms with Gasteiger partial charge in [-0.25, -0.2) is 4.98 Å². The summed E-state index contributed by atoms with van der Waals surface area (Å²) in [5.74, 6) is 1.98. The molecular weight excluding hydrogens is 910 g/mol. The molecule has 1 aliphatic carbocycles. The molecule has 0 N–H and O–H groups in total. The van der Waals surface area contributed by atoms with Crippen LogP contribution in [-0.4, -0.2) is 20.1 Å². The number of aromatic nitrogens is 2. The second-order valence-electron chi connectivity index (χ2n) is 20.7. The van der Waals surface area contributed by atoms with Crippen LogP contribution in [0.15, 0.2) is 77.9 Å². The van der Waals surface area contributed by atoms with Crippen LogP contribution in [0.5, 0.6) is 11.5 Å². The second kappa shape index (κ2) is 14.0. The number of aryl methyl sites for hydroxylation is 2. The Morgan fingerprint density at radius 1 is 0.724 bits per heavy atom. The molecule has 0 fully saturated rings. The summed E-state index contributed by atoms with van der Waals surface area (Å²) in [6, 6.07) is 31.0. The fraction of sp³-hybridized carbons (Fsp3) is 0.423. The summed E-state index contributed by atoms with van der Waals surface area (Å²) in [6.07, 6.45) is 0.210. The predicted molar refractivity (Wildman–Crippen MR) is 242 cm³/mol. The van der Waals surface area contributed by atoms with Gasteiger partial charge in [0.25, 0.3) is 0 Å². The molecule has 4 nitrogen and oxygen atoms in total. The Hall–Kier alpha value is -3.66. The van der Waals surface area contributed by atoms with Crippen molar-refractivity contribution in [2.24, 2.45) is 10.4 Å². The van der Waals surface area contributed by atoms with Crippen LogP contribution < -0.4 is 4.74 Å². The minimum Gasteiger partial charge on any atom is -0.503 e. The van der Waals surface area contributed by atoms with E-state index in [1.54, 1.807) is 11.8 Å². The van der Waals surface area contributed by atoms with Crippen LogP contribution in [0.2, 0.25) is 0 Å². The normalized spacial score (nSPS) is 21.0. The van der Waals surface area contributed by atoms with Crippen molar-refractivity contribution >= 4 is 38.6 Å². The van der Waals surface area contributed by atoms with Crippen LogP contribution >= 0.6 is 11.8 Å². The fourth-order valence-corrected chi connectivity index (χ4v) is 10.4. The van der Waals surface area contributed by atoms with Crippen molar-refractivity contribution in [1.29, 1.82) is 0 Å². The number of pyridine rings is 1. The molecule has 2 aromatic heterocycles. The van der Waals surface area contributed by atoms with Crippen LogP contribution in [0, 0.1) is 31.4 Å². The van der Waals surface area contributed by atoms with E-state index < -0.39 is 16.7 Å². The maximum Gasteiger partial charge on any atom is 2.00 e. The van der Waals surface area contributed by atoms with E-state index in [1.165, 1.54) is 11.1 Å². The Morgan fingerprint density at radius 2 is 1.38 bits per heavy atom. The van der Waals surface area contributed by atoms with Crippen molar-refractivity contribution in [3.05, 3.63) is 130 Å². The SMILES string of the molecule is [2H]C1([2H])c2cc(C)c(C)cc2[C@]2(C(C)(C)C)SC(c3[c-]c(Oc4[c-]c5c(cc4)c4cc(C(C)(C)C)ccc4n5-c4cc(C(C)(C)C)ccn4)cc(C(C)(C)C)c3)=N[C@]12C.[Pt+2]. The summed E-state index contributed by atoms with van der Waals surface area (Å²) in [5, 5.41) is 3.01. The van der Waals surface area contributed by atoms with Crippen LogP contribution in [0.3, 0.4) is 0 Å². The van der Waals surface area contributed by atoms with Crippen molar-refractivity contribution in [2.75, 3.05) is 0 Å². The van der Waals surface area contributed by atoms with Crippen molar-refractivity contribution in [3.8, 4) is 17.3 Å². The van der Waals surface area contributed by atoms with Gasteiger partial charge in [-0.15, -0.1) is 46.5 Å². The number of fused-ring (bicyclic) bond motifs is 6. The third kappa shape index (κ3) is 6.91. The quantitative estimate of drug-likeness (QED) is 0.165. The Bertz CT molecular complexity index is 2740. The monoisotopic (exact) mass is 970 g/mol. The molecule has 2 atom stereocenters. The average Bonchev–Trinajstić information content (AvgIpc) is 3.68. The molecule has 1 aliphatic heterocycles. The molecule has 2 aliphatic rings. The van der Waals surface area contributed by atoms with Crippen LogP contribution in [0.25, 0.3) is 27.6 Å². The zero-order valence-corrected chi connectivity index (χ0v) is 40.0. The Kier molecular flexibility index (Phi) is 9.57. The average molecular weight is 971 g/mol. The predicted octanol–water partition coefficient (Wildman–Crippen LogP) is 13.8. The maximum absolute atomic E-state index is 9.72. The third-order valence-corrected chi connectivity index (χ3v) is 14.3. The molecule has 3 heterocycles. The summed E-state index contributed by atoms with van der Waals surface area (Å²) < 4.78 is 27.8. The maximum atomic E-state index is 9.72. The number of hydrogen-bond donors (Lipinski definition) is 0. The van der Waals surface area contributed by atoms with Gasteiger partial charge in [-0.3, -0.25) is 0 Å².